The van der Waals surface area contributed by atoms with Crippen LogP contribution in [0.5, 0.6) is 0 Å². The molecule has 0 saturated carbocycles. The summed E-state index contributed by atoms with van der Waals surface area (Å²) < 4.78 is 5.50. The van der Waals surface area contributed by atoms with Gasteiger partial charge in [-0.05, 0) is 26.4 Å². The Morgan fingerprint density at radius 2 is 2.07 bits per heavy atom. The third-order valence-corrected chi connectivity index (χ3v) is 3.11. The summed E-state index contributed by atoms with van der Waals surface area (Å²) in [7, 11) is 0. The lowest BCUT2D eigenvalue weighted by molar-refractivity contribution is 0.112. The molecule has 1 saturated heterocycles. The molecule has 0 aliphatic carbocycles. The average Bonchev–Trinajstić information content (AvgIpc) is 2.59. The standard InChI is InChI=1S/C11H24N2O/c1-4-13(5-2)8-7-12-11-6-9-14-10(11)3/h10-12H,4-9H2,1-3H3/t10-,11-/m1/s1. The summed E-state index contributed by atoms with van der Waals surface area (Å²) in [5.41, 5.74) is 0. The minimum Gasteiger partial charge on any atom is -0.377 e. The summed E-state index contributed by atoms with van der Waals surface area (Å²) in [6.45, 7) is 12.0. The van der Waals surface area contributed by atoms with Crippen LogP contribution in [0.25, 0.3) is 0 Å². The Labute approximate surface area is 87.8 Å². The Hall–Kier alpha value is -0.120. The van der Waals surface area contributed by atoms with Gasteiger partial charge in [-0.15, -0.1) is 0 Å². The number of ether oxygens (including phenoxy) is 1. The van der Waals surface area contributed by atoms with Gasteiger partial charge >= 0.3 is 0 Å². The third kappa shape index (κ3) is 3.56. The van der Waals surface area contributed by atoms with E-state index >= 15 is 0 Å². The summed E-state index contributed by atoms with van der Waals surface area (Å²) in [5.74, 6) is 0. The van der Waals surface area contributed by atoms with Gasteiger partial charge in [-0.2, -0.15) is 0 Å². The Bertz CT molecular complexity index is 148. The maximum Gasteiger partial charge on any atom is 0.0700 e. The first-order valence-corrected chi connectivity index (χ1v) is 5.85. The molecule has 1 fully saturated rings. The molecule has 3 heteroatoms. The van der Waals surface area contributed by atoms with E-state index in [2.05, 4.69) is 31.0 Å². The van der Waals surface area contributed by atoms with Gasteiger partial charge in [0.15, 0.2) is 0 Å². The molecule has 1 rings (SSSR count). The molecule has 1 aliphatic rings. The van der Waals surface area contributed by atoms with Crippen molar-refractivity contribution in [3.05, 3.63) is 0 Å². The smallest absolute Gasteiger partial charge is 0.0700 e. The van der Waals surface area contributed by atoms with Crippen LogP contribution in [-0.4, -0.2) is 49.8 Å². The fourth-order valence-corrected chi connectivity index (χ4v) is 1.95. The van der Waals surface area contributed by atoms with Crippen LogP contribution < -0.4 is 5.32 Å². The average molecular weight is 200 g/mol. The molecule has 0 unspecified atom stereocenters. The predicted octanol–water partition coefficient (Wildman–Crippen LogP) is 1.10. The molecule has 0 spiro atoms. The molecule has 0 bridgehead atoms. The number of hydrogen-bond acceptors (Lipinski definition) is 3. The van der Waals surface area contributed by atoms with E-state index in [1.807, 2.05) is 0 Å². The molecule has 0 aromatic heterocycles. The quantitative estimate of drug-likeness (QED) is 0.695. The second-order valence-corrected chi connectivity index (χ2v) is 3.95. The van der Waals surface area contributed by atoms with Crippen molar-refractivity contribution >= 4 is 0 Å². The first-order valence-electron chi connectivity index (χ1n) is 5.85. The van der Waals surface area contributed by atoms with E-state index in [0.717, 1.165) is 32.8 Å². The fourth-order valence-electron chi connectivity index (χ4n) is 1.95. The Balaban J connectivity index is 2.08. The summed E-state index contributed by atoms with van der Waals surface area (Å²) in [4.78, 5) is 2.44. The molecule has 0 aromatic carbocycles. The largest absolute Gasteiger partial charge is 0.377 e. The van der Waals surface area contributed by atoms with Crippen molar-refractivity contribution in [3.63, 3.8) is 0 Å². The van der Waals surface area contributed by atoms with Crippen LogP contribution in [0.3, 0.4) is 0 Å². The van der Waals surface area contributed by atoms with E-state index in [1.54, 1.807) is 0 Å². The number of nitrogens with one attached hydrogen (secondary N) is 1. The molecule has 1 aliphatic heterocycles. The highest BCUT2D eigenvalue weighted by Crippen LogP contribution is 2.11. The van der Waals surface area contributed by atoms with Crippen molar-refractivity contribution in [2.45, 2.75) is 39.3 Å². The van der Waals surface area contributed by atoms with Crippen molar-refractivity contribution in [1.82, 2.24) is 10.2 Å². The molecular weight excluding hydrogens is 176 g/mol. The van der Waals surface area contributed by atoms with Crippen LogP contribution in [0.2, 0.25) is 0 Å². The molecule has 1 heterocycles. The Morgan fingerprint density at radius 3 is 2.57 bits per heavy atom. The van der Waals surface area contributed by atoms with Gasteiger partial charge in [-0.25, -0.2) is 0 Å². The van der Waals surface area contributed by atoms with Gasteiger partial charge in [-0.1, -0.05) is 13.8 Å². The van der Waals surface area contributed by atoms with Gasteiger partial charge in [0.2, 0.25) is 0 Å². The Kier molecular flexibility index (Phi) is 5.45. The lowest BCUT2D eigenvalue weighted by atomic mass is 10.1. The number of nitrogens with zero attached hydrogens (tertiary/aromatic N) is 1. The van der Waals surface area contributed by atoms with E-state index in [1.165, 1.54) is 6.42 Å². The highest BCUT2D eigenvalue weighted by atomic mass is 16.5. The molecule has 84 valence electrons. The molecular formula is C11H24N2O. The first-order chi connectivity index (χ1) is 6.77. The normalized spacial score (nSPS) is 27.4. The van der Waals surface area contributed by atoms with Crippen LogP contribution in [-0.2, 0) is 4.74 Å². The predicted molar refractivity (Wildman–Crippen MR) is 59.6 cm³/mol. The van der Waals surface area contributed by atoms with Crippen LogP contribution in [0.15, 0.2) is 0 Å². The van der Waals surface area contributed by atoms with Crippen LogP contribution in [0.1, 0.15) is 27.2 Å². The highest BCUT2D eigenvalue weighted by Gasteiger charge is 2.22. The molecule has 0 radical (unpaired) electrons. The van der Waals surface area contributed by atoms with E-state index in [0.29, 0.717) is 12.1 Å². The van der Waals surface area contributed by atoms with Gasteiger partial charge in [0, 0.05) is 25.7 Å². The van der Waals surface area contributed by atoms with E-state index < -0.39 is 0 Å². The summed E-state index contributed by atoms with van der Waals surface area (Å²) >= 11 is 0. The van der Waals surface area contributed by atoms with Gasteiger partial charge in [0.1, 0.15) is 0 Å². The lowest BCUT2D eigenvalue weighted by Gasteiger charge is -2.21. The lowest BCUT2D eigenvalue weighted by Crippen LogP contribution is -2.40. The highest BCUT2D eigenvalue weighted by molar-refractivity contribution is 4.79. The van der Waals surface area contributed by atoms with Gasteiger partial charge in [-0.3, -0.25) is 0 Å². The molecule has 3 nitrogen and oxygen atoms in total. The number of rotatable bonds is 6. The molecule has 0 aromatic rings. The zero-order chi connectivity index (χ0) is 10.4. The summed E-state index contributed by atoms with van der Waals surface area (Å²) in [6, 6.07) is 0.575. The zero-order valence-corrected chi connectivity index (χ0v) is 9.75. The third-order valence-electron chi connectivity index (χ3n) is 3.11. The maximum atomic E-state index is 5.50. The maximum absolute atomic E-state index is 5.50. The van der Waals surface area contributed by atoms with Crippen molar-refractivity contribution in [2.75, 3.05) is 32.8 Å². The minimum absolute atomic E-state index is 0.395. The van der Waals surface area contributed by atoms with E-state index in [4.69, 9.17) is 4.74 Å². The molecule has 2 atom stereocenters. The van der Waals surface area contributed by atoms with Crippen LogP contribution >= 0.6 is 0 Å². The SMILES string of the molecule is CCN(CC)CCN[C@@H]1CCO[C@@H]1C. The fraction of sp³-hybridized carbons (Fsp3) is 1.00. The van der Waals surface area contributed by atoms with Gasteiger partial charge < -0.3 is 15.0 Å². The van der Waals surface area contributed by atoms with E-state index in [-0.39, 0.29) is 0 Å². The summed E-state index contributed by atoms with van der Waals surface area (Å²) in [5, 5.41) is 3.56. The van der Waals surface area contributed by atoms with Crippen molar-refractivity contribution in [1.29, 1.82) is 0 Å². The Morgan fingerprint density at radius 1 is 1.36 bits per heavy atom. The molecule has 0 amide bonds. The van der Waals surface area contributed by atoms with Crippen molar-refractivity contribution < 1.29 is 4.74 Å². The monoisotopic (exact) mass is 200 g/mol. The van der Waals surface area contributed by atoms with Gasteiger partial charge in [0.25, 0.3) is 0 Å². The molecule has 14 heavy (non-hydrogen) atoms. The zero-order valence-electron chi connectivity index (χ0n) is 9.75. The van der Waals surface area contributed by atoms with Crippen molar-refractivity contribution in [3.8, 4) is 0 Å². The second-order valence-electron chi connectivity index (χ2n) is 3.95. The second kappa shape index (κ2) is 6.38. The first kappa shape index (κ1) is 12.0. The van der Waals surface area contributed by atoms with Crippen LogP contribution in [0.4, 0.5) is 0 Å². The minimum atomic E-state index is 0.395. The van der Waals surface area contributed by atoms with Crippen molar-refractivity contribution in [2.24, 2.45) is 0 Å². The van der Waals surface area contributed by atoms with Gasteiger partial charge in [0.05, 0.1) is 6.10 Å². The van der Waals surface area contributed by atoms with E-state index in [9.17, 15) is 0 Å². The molecule has 1 N–H and O–H groups in total. The number of hydrogen-bond donors (Lipinski definition) is 1. The summed E-state index contributed by atoms with van der Waals surface area (Å²) in [6.07, 6.45) is 1.56. The topological polar surface area (TPSA) is 24.5 Å². The number of likely N-dealkylation sites (N-methyl/N-ethyl adjacent to an activating group) is 1. The van der Waals surface area contributed by atoms with Crippen LogP contribution in [0, 0.1) is 0 Å².